The SMILES string of the molecule is Cc1cnc(-c2cc(-c3ccccc3)cc(-c3cccc4c3nc(-c3cnccc3O)n4C)c2)cc1-c1ccccc1. The van der Waals surface area contributed by atoms with Crippen LogP contribution in [0.5, 0.6) is 5.75 Å². The van der Waals surface area contributed by atoms with Gasteiger partial charge in [0, 0.05) is 36.8 Å². The first-order chi connectivity index (χ1) is 20.6. The van der Waals surface area contributed by atoms with Gasteiger partial charge in [0.2, 0.25) is 0 Å². The van der Waals surface area contributed by atoms with Crippen LogP contribution in [0.15, 0.2) is 128 Å². The van der Waals surface area contributed by atoms with Crippen LogP contribution < -0.4 is 0 Å². The number of aromatic nitrogens is 4. The molecule has 7 rings (SSSR count). The van der Waals surface area contributed by atoms with Gasteiger partial charge in [0.25, 0.3) is 0 Å². The van der Waals surface area contributed by atoms with E-state index < -0.39 is 0 Å². The number of nitrogens with zero attached hydrogens (tertiary/aromatic N) is 4. The van der Waals surface area contributed by atoms with Gasteiger partial charge in [-0.15, -0.1) is 0 Å². The Morgan fingerprint density at radius 3 is 2.10 bits per heavy atom. The van der Waals surface area contributed by atoms with E-state index in [9.17, 15) is 5.11 Å². The molecule has 3 heterocycles. The Morgan fingerprint density at radius 2 is 1.33 bits per heavy atom. The van der Waals surface area contributed by atoms with E-state index in [2.05, 4.69) is 103 Å². The van der Waals surface area contributed by atoms with E-state index in [-0.39, 0.29) is 5.75 Å². The van der Waals surface area contributed by atoms with Crippen LogP contribution in [-0.2, 0) is 7.05 Å². The van der Waals surface area contributed by atoms with Gasteiger partial charge in [-0.2, -0.15) is 0 Å². The lowest BCUT2D eigenvalue weighted by Gasteiger charge is -2.13. The normalized spacial score (nSPS) is 11.2. The van der Waals surface area contributed by atoms with Crippen molar-refractivity contribution < 1.29 is 5.11 Å². The van der Waals surface area contributed by atoms with E-state index in [1.54, 1.807) is 18.5 Å². The summed E-state index contributed by atoms with van der Waals surface area (Å²) in [5.41, 5.74) is 12.1. The first-order valence-corrected chi connectivity index (χ1v) is 13.9. The summed E-state index contributed by atoms with van der Waals surface area (Å²) in [5, 5.41) is 10.5. The maximum Gasteiger partial charge on any atom is 0.146 e. The van der Waals surface area contributed by atoms with E-state index >= 15 is 0 Å². The molecule has 202 valence electrons. The van der Waals surface area contributed by atoms with E-state index in [1.807, 2.05) is 29.9 Å². The molecule has 0 aliphatic rings. The highest BCUT2D eigenvalue weighted by Gasteiger charge is 2.18. The Labute approximate surface area is 244 Å². The highest BCUT2D eigenvalue weighted by molar-refractivity contribution is 5.96. The van der Waals surface area contributed by atoms with Crippen molar-refractivity contribution in [3.63, 3.8) is 0 Å². The molecular weight excluding hydrogens is 516 g/mol. The van der Waals surface area contributed by atoms with Crippen LogP contribution in [0.4, 0.5) is 0 Å². The van der Waals surface area contributed by atoms with Crippen LogP contribution in [0, 0.1) is 6.92 Å². The minimum absolute atomic E-state index is 0.151. The lowest BCUT2D eigenvalue weighted by atomic mass is 9.93. The van der Waals surface area contributed by atoms with Gasteiger partial charge in [-0.05, 0) is 76.7 Å². The molecule has 42 heavy (non-hydrogen) atoms. The van der Waals surface area contributed by atoms with Gasteiger partial charge in [-0.3, -0.25) is 9.97 Å². The fraction of sp³-hybridized carbons (Fsp3) is 0.0541. The van der Waals surface area contributed by atoms with Gasteiger partial charge in [0.15, 0.2) is 0 Å². The molecule has 0 radical (unpaired) electrons. The molecule has 0 aliphatic heterocycles. The van der Waals surface area contributed by atoms with Gasteiger partial charge in [-0.25, -0.2) is 4.98 Å². The molecule has 3 aromatic heterocycles. The molecule has 0 bridgehead atoms. The number of rotatable bonds is 5. The van der Waals surface area contributed by atoms with Gasteiger partial charge >= 0.3 is 0 Å². The second kappa shape index (κ2) is 10.5. The fourth-order valence-corrected chi connectivity index (χ4v) is 5.59. The van der Waals surface area contributed by atoms with Gasteiger partial charge < -0.3 is 9.67 Å². The Morgan fingerprint density at radius 1 is 0.619 bits per heavy atom. The molecule has 0 saturated heterocycles. The smallest absolute Gasteiger partial charge is 0.146 e. The number of fused-ring (bicyclic) bond motifs is 1. The van der Waals surface area contributed by atoms with Crippen LogP contribution in [0.1, 0.15) is 5.56 Å². The third kappa shape index (κ3) is 4.51. The maximum absolute atomic E-state index is 10.5. The molecule has 0 atom stereocenters. The Kier molecular flexibility index (Phi) is 6.32. The molecule has 5 heteroatoms. The van der Waals surface area contributed by atoms with Crippen LogP contribution in [0.2, 0.25) is 0 Å². The summed E-state index contributed by atoms with van der Waals surface area (Å²) in [6, 6.07) is 37.5. The van der Waals surface area contributed by atoms with Gasteiger partial charge in [0.1, 0.15) is 11.6 Å². The molecule has 0 spiro atoms. The second-order valence-electron chi connectivity index (χ2n) is 10.5. The van der Waals surface area contributed by atoms with Crippen molar-refractivity contribution in [2.24, 2.45) is 7.05 Å². The van der Waals surface area contributed by atoms with Crippen LogP contribution in [0.3, 0.4) is 0 Å². The number of hydrogen-bond donors (Lipinski definition) is 1. The van der Waals surface area contributed by atoms with E-state index in [4.69, 9.17) is 9.97 Å². The van der Waals surface area contributed by atoms with Crippen molar-refractivity contribution in [3.8, 4) is 61.8 Å². The molecule has 5 nitrogen and oxygen atoms in total. The Hall–Kier alpha value is -5.55. The number of imidazole rings is 1. The third-order valence-corrected chi connectivity index (χ3v) is 7.79. The van der Waals surface area contributed by atoms with Crippen molar-refractivity contribution in [1.29, 1.82) is 0 Å². The molecule has 0 amide bonds. The van der Waals surface area contributed by atoms with E-state index in [1.165, 1.54) is 11.1 Å². The standard InChI is InChI=1S/C37H28N4O/c1-24-22-39-33(21-31(24)26-12-7-4-8-13-26)29-19-27(25-10-5-3-6-11-25)18-28(20-29)30-14-9-15-34-36(30)40-37(41(34)2)32-23-38-17-16-35(32)42/h3-23H,1-2H3,(H,38,42). The Balaban J connectivity index is 1.44. The summed E-state index contributed by atoms with van der Waals surface area (Å²) in [5.74, 6) is 0.813. The molecular formula is C37H28N4O. The van der Waals surface area contributed by atoms with Gasteiger partial charge in [-0.1, -0.05) is 72.8 Å². The number of aryl methyl sites for hydroxylation is 2. The summed E-state index contributed by atoms with van der Waals surface area (Å²) < 4.78 is 2.01. The monoisotopic (exact) mass is 544 g/mol. The summed E-state index contributed by atoms with van der Waals surface area (Å²) in [6.45, 7) is 2.10. The average Bonchev–Trinajstić information content (AvgIpc) is 3.38. The number of aromatic hydroxyl groups is 1. The third-order valence-electron chi connectivity index (χ3n) is 7.79. The summed E-state index contributed by atoms with van der Waals surface area (Å²) in [6.07, 6.45) is 5.18. The zero-order chi connectivity index (χ0) is 28.6. The predicted molar refractivity (Wildman–Crippen MR) is 170 cm³/mol. The molecule has 4 aromatic carbocycles. The maximum atomic E-state index is 10.5. The largest absolute Gasteiger partial charge is 0.507 e. The minimum Gasteiger partial charge on any atom is -0.507 e. The fourth-order valence-electron chi connectivity index (χ4n) is 5.59. The molecule has 0 saturated carbocycles. The Bertz CT molecular complexity index is 2060. The van der Waals surface area contributed by atoms with Crippen molar-refractivity contribution in [2.45, 2.75) is 6.92 Å². The lowest BCUT2D eigenvalue weighted by molar-refractivity contribution is 0.476. The predicted octanol–water partition coefficient (Wildman–Crippen LogP) is 8.71. The van der Waals surface area contributed by atoms with Crippen molar-refractivity contribution in [2.75, 3.05) is 0 Å². The topological polar surface area (TPSA) is 63.8 Å². The zero-order valence-electron chi connectivity index (χ0n) is 23.4. The quantitative estimate of drug-likeness (QED) is 0.235. The lowest BCUT2D eigenvalue weighted by Crippen LogP contribution is -1.93. The first kappa shape index (κ1) is 25.4. The highest BCUT2D eigenvalue weighted by Crippen LogP contribution is 2.38. The van der Waals surface area contributed by atoms with E-state index in [0.717, 1.165) is 50.1 Å². The average molecular weight is 545 g/mol. The molecule has 0 aliphatic carbocycles. The number of pyridine rings is 2. The van der Waals surface area contributed by atoms with Crippen LogP contribution in [0.25, 0.3) is 67.1 Å². The highest BCUT2D eigenvalue weighted by atomic mass is 16.3. The summed E-state index contributed by atoms with van der Waals surface area (Å²) in [4.78, 5) is 14.1. The second-order valence-corrected chi connectivity index (χ2v) is 10.5. The number of benzene rings is 4. The first-order valence-electron chi connectivity index (χ1n) is 13.9. The van der Waals surface area contributed by atoms with Crippen LogP contribution >= 0.6 is 0 Å². The van der Waals surface area contributed by atoms with Gasteiger partial charge in [0.05, 0.1) is 22.3 Å². The number of hydrogen-bond acceptors (Lipinski definition) is 4. The molecule has 1 N–H and O–H groups in total. The van der Waals surface area contributed by atoms with Crippen molar-refractivity contribution in [3.05, 3.63) is 133 Å². The molecule has 7 aromatic rings. The van der Waals surface area contributed by atoms with Crippen LogP contribution in [-0.4, -0.2) is 24.6 Å². The molecule has 0 fully saturated rings. The van der Waals surface area contributed by atoms with Crippen molar-refractivity contribution in [1.82, 2.24) is 19.5 Å². The van der Waals surface area contributed by atoms with Crippen molar-refractivity contribution >= 4 is 11.0 Å². The summed E-state index contributed by atoms with van der Waals surface area (Å²) in [7, 11) is 1.97. The zero-order valence-corrected chi connectivity index (χ0v) is 23.4. The van der Waals surface area contributed by atoms with E-state index in [0.29, 0.717) is 11.4 Å². The summed E-state index contributed by atoms with van der Waals surface area (Å²) >= 11 is 0. The molecule has 0 unspecified atom stereocenters. The number of para-hydroxylation sites is 1. The minimum atomic E-state index is 0.151.